The number of nitrogens with zero attached hydrogens (tertiary/aromatic N) is 2. The summed E-state index contributed by atoms with van der Waals surface area (Å²) in [5, 5.41) is 5.19. The van der Waals surface area contributed by atoms with Crippen LogP contribution >= 0.6 is 0 Å². The molecule has 2 aliphatic rings. The zero-order valence-electron chi connectivity index (χ0n) is 18.0. The van der Waals surface area contributed by atoms with E-state index in [1.165, 1.54) is 12.1 Å². The summed E-state index contributed by atoms with van der Waals surface area (Å²) in [5.74, 6) is -1.10. The standard InChI is InChI=1S/C25H22FN3O3S/c1-2-20-12-18-13-21(26)24(33(27,31)32)14-23(18)29(20)25(30)19-9-15-6-7-16(10-17(15)11-19)22-5-3-4-8-28-22/h3-8,10-11,13-14,20H,2,9,12H2,1H3,(H2,27,31,32). The third-order valence-corrected chi connectivity index (χ3v) is 7.23. The fourth-order valence-electron chi connectivity index (χ4n) is 4.65. The highest BCUT2D eigenvalue weighted by Gasteiger charge is 2.37. The first-order valence-electron chi connectivity index (χ1n) is 10.7. The van der Waals surface area contributed by atoms with Gasteiger partial charge in [0.1, 0.15) is 10.7 Å². The minimum absolute atomic E-state index is 0.184. The van der Waals surface area contributed by atoms with Crippen molar-refractivity contribution in [3.63, 3.8) is 0 Å². The summed E-state index contributed by atoms with van der Waals surface area (Å²) in [6.45, 7) is 1.95. The molecule has 168 valence electrons. The minimum Gasteiger partial charge on any atom is -0.305 e. The number of hydrogen-bond acceptors (Lipinski definition) is 4. The third kappa shape index (κ3) is 3.75. The summed E-state index contributed by atoms with van der Waals surface area (Å²) in [7, 11) is -4.26. The Morgan fingerprint density at radius 2 is 2.00 bits per heavy atom. The second-order valence-corrected chi connectivity index (χ2v) is 9.90. The lowest BCUT2D eigenvalue weighted by Crippen LogP contribution is -2.38. The van der Waals surface area contributed by atoms with Gasteiger partial charge >= 0.3 is 0 Å². The van der Waals surface area contributed by atoms with Gasteiger partial charge in [0.25, 0.3) is 5.91 Å². The fourth-order valence-corrected chi connectivity index (χ4v) is 5.26. The molecule has 1 amide bonds. The van der Waals surface area contributed by atoms with E-state index in [1.54, 1.807) is 11.1 Å². The predicted octanol–water partition coefficient (Wildman–Crippen LogP) is 3.84. The zero-order chi connectivity index (χ0) is 23.3. The second-order valence-electron chi connectivity index (χ2n) is 8.37. The molecule has 3 aromatic rings. The van der Waals surface area contributed by atoms with Gasteiger partial charge in [-0.1, -0.05) is 25.1 Å². The number of benzene rings is 2. The lowest BCUT2D eigenvalue weighted by Gasteiger charge is -2.25. The van der Waals surface area contributed by atoms with Crippen LogP contribution < -0.4 is 10.0 Å². The Balaban J connectivity index is 1.51. The van der Waals surface area contributed by atoms with Crippen LogP contribution in [0.4, 0.5) is 10.1 Å². The lowest BCUT2D eigenvalue weighted by molar-refractivity contribution is -0.115. The molecule has 0 bridgehead atoms. The van der Waals surface area contributed by atoms with Gasteiger partial charge in [-0.15, -0.1) is 0 Å². The van der Waals surface area contributed by atoms with Crippen LogP contribution in [0.3, 0.4) is 0 Å². The highest BCUT2D eigenvalue weighted by atomic mass is 32.2. The summed E-state index contributed by atoms with van der Waals surface area (Å²) in [4.78, 5) is 19.0. The van der Waals surface area contributed by atoms with Crippen molar-refractivity contribution in [3.8, 4) is 11.3 Å². The summed E-state index contributed by atoms with van der Waals surface area (Å²) in [6, 6.07) is 13.9. The molecule has 2 N–H and O–H groups in total. The van der Waals surface area contributed by atoms with Gasteiger partial charge in [0.15, 0.2) is 0 Å². The van der Waals surface area contributed by atoms with Gasteiger partial charge < -0.3 is 4.90 Å². The number of pyridine rings is 1. The maximum Gasteiger partial charge on any atom is 0.254 e. The summed E-state index contributed by atoms with van der Waals surface area (Å²) in [5.41, 5.74) is 5.43. The van der Waals surface area contributed by atoms with Crippen LogP contribution in [0.25, 0.3) is 17.3 Å². The average Bonchev–Trinajstić information content (AvgIpc) is 3.38. The molecular formula is C25H22FN3O3S. The third-order valence-electron chi connectivity index (χ3n) is 6.30. The molecule has 33 heavy (non-hydrogen) atoms. The average molecular weight is 464 g/mol. The first-order valence-corrected chi connectivity index (χ1v) is 12.2. The Hall–Kier alpha value is -3.36. The van der Waals surface area contributed by atoms with E-state index in [0.717, 1.165) is 22.4 Å². The van der Waals surface area contributed by atoms with Crippen LogP contribution in [-0.2, 0) is 27.7 Å². The first-order chi connectivity index (χ1) is 15.8. The molecule has 1 atom stereocenters. The monoisotopic (exact) mass is 463 g/mol. The highest BCUT2D eigenvalue weighted by Crippen LogP contribution is 2.39. The van der Waals surface area contributed by atoms with Crippen LogP contribution in [0.15, 0.2) is 65.2 Å². The van der Waals surface area contributed by atoms with Gasteiger partial charge in [0.2, 0.25) is 10.0 Å². The Morgan fingerprint density at radius 1 is 1.18 bits per heavy atom. The van der Waals surface area contributed by atoms with Gasteiger partial charge in [-0.3, -0.25) is 9.78 Å². The fraction of sp³-hybridized carbons (Fsp3) is 0.200. The number of fused-ring (bicyclic) bond motifs is 2. The number of aromatic nitrogens is 1. The predicted molar refractivity (Wildman–Crippen MR) is 124 cm³/mol. The number of amides is 1. The van der Waals surface area contributed by atoms with Crippen molar-refractivity contribution in [1.82, 2.24) is 4.98 Å². The van der Waals surface area contributed by atoms with E-state index in [2.05, 4.69) is 4.98 Å². The Morgan fingerprint density at radius 3 is 2.70 bits per heavy atom. The van der Waals surface area contributed by atoms with Crippen LogP contribution in [0.1, 0.15) is 30.0 Å². The van der Waals surface area contributed by atoms with E-state index in [-0.39, 0.29) is 11.9 Å². The molecule has 1 aliphatic carbocycles. The van der Waals surface area contributed by atoms with Crippen molar-refractivity contribution in [1.29, 1.82) is 0 Å². The molecule has 0 spiro atoms. The molecule has 2 aromatic carbocycles. The first kappa shape index (κ1) is 21.5. The number of nitrogens with two attached hydrogens (primary N) is 1. The number of rotatable bonds is 4. The molecule has 0 fully saturated rings. The van der Waals surface area contributed by atoms with Crippen molar-refractivity contribution in [2.75, 3.05) is 4.90 Å². The van der Waals surface area contributed by atoms with Gasteiger partial charge in [-0.2, -0.15) is 0 Å². The summed E-state index contributed by atoms with van der Waals surface area (Å²) < 4.78 is 38.1. The number of anilines is 1. The molecule has 6 nitrogen and oxygen atoms in total. The summed E-state index contributed by atoms with van der Waals surface area (Å²) in [6.07, 6.45) is 5.20. The summed E-state index contributed by atoms with van der Waals surface area (Å²) >= 11 is 0. The number of carbonyl (C=O) groups is 1. The van der Waals surface area contributed by atoms with Crippen LogP contribution in [0.2, 0.25) is 0 Å². The number of primary sulfonamides is 1. The number of halogens is 1. The number of sulfonamides is 1. The smallest absolute Gasteiger partial charge is 0.254 e. The van der Waals surface area contributed by atoms with Crippen molar-refractivity contribution >= 4 is 27.7 Å². The molecule has 0 saturated carbocycles. The molecule has 1 unspecified atom stereocenters. The Kier molecular flexibility index (Phi) is 5.14. The number of carbonyl (C=O) groups excluding carboxylic acids is 1. The molecular weight excluding hydrogens is 441 g/mol. The van der Waals surface area contributed by atoms with Crippen molar-refractivity contribution < 1.29 is 17.6 Å². The largest absolute Gasteiger partial charge is 0.305 e. The molecule has 0 radical (unpaired) electrons. The lowest BCUT2D eigenvalue weighted by atomic mass is 10.0. The van der Waals surface area contributed by atoms with Gasteiger partial charge in [-0.05, 0) is 65.9 Å². The second kappa shape index (κ2) is 7.90. The Bertz CT molecular complexity index is 1420. The van der Waals surface area contributed by atoms with Crippen molar-refractivity contribution in [3.05, 3.63) is 82.8 Å². The van der Waals surface area contributed by atoms with E-state index in [1.807, 2.05) is 49.4 Å². The zero-order valence-corrected chi connectivity index (χ0v) is 18.8. The minimum atomic E-state index is -4.26. The van der Waals surface area contributed by atoms with Crippen molar-refractivity contribution in [2.24, 2.45) is 5.14 Å². The molecule has 5 rings (SSSR count). The van der Waals surface area contributed by atoms with Gasteiger partial charge in [-0.25, -0.2) is 17.9 Å². The van der Waals surface area contributed by atoms with E-state index < -0.39 is 20.7 Å². The van der Waals surface area contributed by atoms with Gasteiger partial charge in [0.05, 0.1) is 5.69 Å². The van der Waals surface area contributed by atoms with Crippen LogP contribution in [-0.4, -0.2) is 25.4 Å². The molecule has 1 aromatic heterocycles. The van der Waals surface area contributed by atoms with Gasteiger partial charge in [0, 0.05) is 35.5 Å². The highest BCUT2D eigenvalue weighted by molar-refractivity contribution is 7.89. The molecule has 1 aliphatic heterocycles. The van der Waals surface area contributed by atoms with E-state index >= 15 is 0 Å². The molecule has 2 heterocycles. The quantitative estimate of drug-likeness (QED) is 0.636. The van der Waals surface area contributed by atoms with E-state index in [0.29, 0.717) is 36.1 Å². The van der Waals surface area contributed by atoms with Crippen LogP contribution in [0.5, 0.6) is 0 Å². The van der Waals surface area contributed by atoms with Crippen LogP contribution in [0, 0.1) is 5.82 Å². The SMILES string of the molecule is CCC1Cc2cc(F)c(S(N)(=O)=O)cc2N1C(=O)C1=Cc2cc(-c3ccccn3)ccc2C1. The van der Waals surface area contributed by atoms with Crippen molar-refractivity contribution in [2.45, 2.75) is 37.1 Å². The number of hydrogen-bond donors (Lipinski definition) is 1. The topological polar surface area (TPSA) is 93.4 Å². The Labute approximate surface area is 191 Å². The van der Waals surface area contributed by atoms with E-state index in [9.17, 15) is 17.6 Å². The molecule has 8 heteroatoms. The molecule has 0 saturated heterocycles. The maximum atomic E-state index is 14.4. The maximum absolute atomic E-state index is 14.4. The normalized spacial score (nSPS) is 17.0. The van der Waals surface area contributed by atoms with E-state index in [4.69, 9.17) is 5.14 Å².